The number of carbonyl (C=O) groups excluding carboxylic acids is 2. The fourth-order valence-corrected chi connectivity index (χ4v) is 3.80. The standard InChI is InChI=1S/C18H19FN4O5S/c1-12(24)21-10-15-11-23(18(25)28-15)14-2-3-17(16(19)8-14)29(26,27)22-9-13-4-6-20-7-5-13/h2-8,15,22H,9-11H2,1H3,(H,21,24)/t15-/m0/s1. The van der Waals surface area contributed by atoms with Crippen LogP contribution in [0.5, 0.6) is 0 Å². The third-order valence-corrected chi connectivity index (χ3v) is 5.62. The number of benzene rings is 1. The Morgan fingerprint density at radius 2 is 2.03 bits per heavy atom. The van der Waals surface area contributed by atoms with Gasteiger partial charge >= 0.3 is 6.09 Å². The maximum Gasteiger partial charge on any atom is 0.414 e. The molecule has 3 rings (SSSR count). The predicted octanol–water partition coefficient (Wildman–Crippen LogP) is 1.16. The number of carbonyl (C=O) groups is 2. The van der Waals surface area contributed by atoms with E-state index in [-0.39, 0.29) is 31.2 Å². The molecule has 9 nitrogen and oxygen atoms in total. The van der Waals surface area contributed by atoms with Crippen LogP contribution in [0.25, 0.3) is 0 Å². The molecule has 1 saturated heterocycles. The summed E-state index contributed by atoms with van der Waals surface area (Å²) in [4.78, 5) is 27.5. The molecule has 29 heavy (non-hydrogen) atoms. The lowest BCUT2D eigenvalue weighted by atomic mass is 10.2. The van der Waals surface area contributed by atoms with Crippen LogP contribution in [0.3, 0.4) is 0 Å². The molecule has 0 unspecified atom stereocenters. The van der Waals surface area contributed by atoms with Crippen LogP contribution in [-0.4, -0.2) is 44.6 Å². The Hall–Kier alpha value is -3.05. The minimum Gasteiger partial charge on any atom is -0.442 e. The summed E-state index contributed by atoms with van der Waals surface area (Å²) in [5.74, 6) is -1.26. The van der Waals surface area contributed by atoms with E-state index >= 15 is 0 Å². The zero-order valence-corrected chi connectivity index (χ0v) is 16.3. The molecular formula is C18H19FN4O5S. The van der Waals surface area contributed by atoms with Gasteiger partial charge in [-0.05, 0) is 35.9 Å². The maximum absolute atomic E-state index is 14.5. The van der Waals surface area contributed by atoms with Gasteiger partial charge in [-0.1, -0.05) is 0 Å². The number of cyclic esters (lactones) is 1. The molecule has 1 aromatic carbocycles. The third-order valence-electron chi connectivity index (χ3n) is 4.19. The van der Waals surface area contributed by atoms with Gasteiger partial charge in [-0.25, -0.2) is 22.3 Å². The van der Waals surface area contributed by atoms with Crippen molar-refractivity contribution in [3.05, 3.63) is 54.1 Å². The molecule has 1 aromatic heterocycles. The number of nitrogens with zero attached hydrogens (tertiary/aromatic N) is 2. The van der Waals surface area contributed by atoms with E-state index in [0.717, 1.165) is 12.1 Å². The molecule has 0 radical (unpaired) electrons. The second kappa shape index (κ2) is 8.53. The first-order chi connectivity index (χ1) is 13.8. The molecule has 2 aromatic rings. The van der Waals surface area contributed by atoms with Crippen LogP contribution in [0, 0.1) is 5.82 Å². The molecule has 154 valence electrons. The van der Waals surface area contributed by atoms with Crippen LogP contribution in [0.2, 0.25) is 0 Å². The van der Waals surface area contributed by atoms with Crippen molar-refractivity contribution in [1.29, 1.82) is 0 Å². The van der Waals surface area contributed by atoms with Crippen molar-refractivity contribution < 1.29 is 27.1 Å². The lowest BCUT2D eigenvalue weighted by molar-refractivity contribution is -0.119. The molecule has 0 saturated carbocycles. The molecule has 0 aliphatic carbocycles. The van der Waals surface area contributed by atoms with Gasteiger partial charge in [-0.15, -0.1) is 0 Å². The zero-order chi connectivity index (χ0) is 21.0. The highest BCUT2D eigenvalue weighted by Gasteiger charge is 2.33. The molecule has 0 spiro atoms. The molecule has 1 aliphatic rings. The van der Waals surface area contributed by atoms with Crippen LogP contribution >= 0.6 is 0 Å². The second-order valence-corrected chi connectivity index (χ2v) is 8.08. The molecule has 2 heterocycles. The first-order valence-corrected chi connectivity index (χ1v) is 10.2. The summed E-state index contributed by atoms with van der Waals surface area (Å²) >= 11 is 0. The Balaban J connectivity index is 1.71. The van der Waals surface area contributed by atoms with Gasteiger partial charge < -0.3 is 10.1 Å². The van der Waals surface area contributed by atoms with Crippen molar-refractivity contribution in [1.82, 2.24) is 15.0 Å². The van der Waals surface area contributed by atoms with Gasteiger partial charge in [0.1, 0.15) is 16.8 Å². The number of nitrogens with one attached hydrogen (secondary N) is 2. The van der Waals surface area contributed by atoms with Gasteiger partial charge in [-0.2, -0.15) is 0 Å². The van der Waals surface area contributed by atoms with E-state index in [1.807, 2.05) is 0 Å². The van der Waals surface area contributed by atoms with E-state index in [0.29, 0.717) is 5.56 Å². The number of sulfonamides is 1. The average molecular weight is 422 g/mol. The number of aromatic nitrogens is 1. The molecule has 2 N–H and O–H groups in total. The predicted molar refractivity (Wildman–Crippen MR) is 101 cm³/mol. The van der Waals surface area contributed by atoms with Crippen molar-refractivity contribution >= 4 is 27.7 Å². The largest absolute Gasteiger partial charge is 0.442 e. The van der Waals surface area contributed by atoms with E-state index in [1.165, 1.54) is 30.3 Å². The van der Waals surface area contributed by atoms with Gasteiger partial charge in [-0.3, -0.25) is 14.7 Å². The number of hydrogen-bond donors (Lipinski definition) is 2. The Morgan fingerprint density at radius 1 is 1.31 bits per heavy atom. The number of anilines is 1. The normalized spacial score (nSPS) is 16.6. The van der Waals surface area contributed by atoms with Gasteiger partial charge in [0.05, 0.1) is 18.8 Å². The quantitative estimate of drug-likeness (QED) is 0.692. The van der Waals surface area contributed by atoms with Crippen molar-refractivity contribution in [2.45, 2.75) is 24.5 Å². The fraction of sp³-hybridized carbons (Fsp3) is 0.278. The molecule has 1 atom stereocenters. The summed E-state index contributed by atoms with van der Waals surface area (Å²) in [5, 5.41) is 2.54. The van der Waals surface area contributed by atoms with E-state index in [2.05, 4.69) is 15.0 Å². The molecule has 0 bridgehead atoms. The first kappa shape index (κ1) is 20.7. The second-order valence-electron chi connectivity index (χ2n) is 6.35. The summed E-state index contributed by atoms with van der Waals surface area (Å²) in [6.07, 6.45) is 1.76. The number of pyridine rings is 1. The summed E-state index contributed by atoms with van der Waals surface area (Å²) in [6, 6.07) is 6.65. The minimum atomic E-state index is -4.10. The first-order valence-electron chi connectivity index (χ1n) is 8.67. The summed E-state index contributed by atoms with van der Waals surface area (Å²) in [6.45, 7) is 1.55. The van der Waals surface area contributed by atoms with E-state index < -0.39 is 32.9 Å². The fourth-order valence-electron chi connectivity index (χ4n) is 2.73. The lowest BCUT2D eigenvalue weighted by Crippen LogP contribution is -2.33. The van der Waals surface area contributed by atoms with E-state index in [4.69, 9.17) is 4.74 Å². The van der Waals surface area contributed by atoms with Crippen LogP contribution in [0.15, 0.2) is 47.6 Å². The topological polar surface area (TPSA) is 118 Å². The monoisotopic (exact) mass is 422 g/mol. The molecule has 2 amide bonds. The number of amides is 2. The summed E-state index contributed by atoms with van der Waals surface area (Å²) < 4.78 is 46.8. The highest BCUT2D eigenvalue weighted by atomic mass is 32.2. The van der Waals surface area contributed by atoms with Crippen LogP contribution in [0.1, 0.15) is 12.5 Å². The van der Waals surface area contributed by atoms with Gasteiger partial charge in [0.15, 0.2) is 0 Å². The van der Waals surface area contributed by atoms with Gasteiger partial charge in [0, 0.05) is 25.9 Å². The summed E-state index contributed by atoms with van der Waals surface area (Å²) in [7, 11) is -4.10. The highest BCUT2D eigenvalue weighted by Crippen LogP contribution is 2.25. The average Bonchev–Trinajstić information content (AvgIpc) is 3.06. The zero-order valence-electron chi connectivity index (χ0n) is 15.5. The number of ether oxygens (including phenoxy) is 1. The van der Waals surface area contributed by atoms with Gasteiger partial charge in [0.25, 0.3) is 0 Å². The van der Waals surface area contributed by atoms with Crippen LogP contribution in [0.4, 0.5) is 14.9 Å². The van der Waals surface area contributed by atoms with Crippen molar-refractivity contribution in [3.8, 4) is 0 Å². The van der Waals surface area contributed by atoms with Crippen LogP contribution in [-0.2, 0) is 26.1 Å². The Bertz CT molecular complexity index is 1020. The molecule has 11 heteroatoms. The highest BCUT2D eigenvalue weighted by molar-refractivity contribution is 7.89. The van der Waals surface area contributed by atoms with Crippen molar-refractivity contribution in [3.63, 3.8) is 0 Å². The number of halogens is 1. The van der Waals surface area contributed by atoms with E-state index in [9.17, 15) is 22.4 Å². The molecular weight excluding hydrogens is 403 g/mol. The maximum atomic E-state index is 14.5. The SMILES string of the molecule is CC(=O)NC[C@H]1CN(c2ccc(S(=O)(=O)NCc3ccncc3)c(F)c2)C(=O)O1. The third kappa shape index (κ3) is 5.06. The van der Waals surface area contributed by atoms with Gasteiger partial charge in [0.2, 0.25) is 15.9 Å². The Morgan fingerprint density at radius 3 is 2.69 bits per heavy atom. The van der Waals surface area contributed by atoms with Crippen molar-refractivity contribution in [2.75, 3.05) is 18.0 Å². The Kier molecular flexibility index (Phi) is 6.09. The van der Waals surface area contributed by atoms with E-state index in [1.54, 1.807) is 12.1 Å². The van der Waals surface area contributed by atoms with Crippen LogP contribution < -0.4 is 14.9 Å². The molecule has 1 aliphatic heterocycles. The molecule has 1 fully saturated rings. The lowest BCUT2D eigenvalue weighted by Gasteiger charge is -2.15. The number of hydrogen-bond acceptors (Lipinski definition) is 6. The minimum absolute atomic E-state index is 0.0185. The smallest absolute Gasteiger partial charge is 0.414 e. The summed E-state index contributed by atoms with van der Waals surface area (Å²) in [5.41, 5.74) is 0.830. The van der Waals surface area contributed by atoms with Crippen molar-refractivity contribution in [2.24, 2.45) is 0 Å². The Labute approximate surface area is 166 Å². The number of rotatable bonds is 7.